The summed E-state index contributed by atoms with van der Waals surface area (Å²) in [7, 11) is 0. The third kappa shape index (κ3) is 4.37. The third-order valence-corrected chi connectivity index (χ3v) is 4.44. The number of nitrogens with zero attached hydrogens (tertiary/aromatic N) is 3. The van der Waals surface area contributed by atoms with Gasteiger partial charge >= 0.3 is 11.9 Å². The van der Waals surface area contributed by atoms with Crippen LogP contribution in [0.15, 0.2) is 40.8 Å². The maximum absolute atomic E-state index is 12.2. The lowest BCUT2D eigenvalue weighted by molar-refractivity contribution is -0.402. The van der Waals surface area contributed by atoms with Crippen molar-refractivity contribution in [1.82, 2.24) is 4.90 Å². The number of hydrogen-bond donors (Lipinski definition) is 0. The Balaban J connectivity index is 1.49. The fraction of sp³-hybridized carbons (Fsp3) is 0.294. The van der Waals surface area contributed by atoms with Crippen LogP contribution in [0.1, 0.15) is 10.6 Å². The summed E-state index contributed by atoms with van der Waals surface area (Å²) >= 11 is 6.19. The quantitative estimate of drug-likeness (QED) is 0.436. The molecule has 0 atom stereocenters. The zero-order chi connectivity index (χ0) is 19.4. The Hall–Kier alpha value is -3.07. The van der Waals surface area contributed by atoms with Gasteiger partial charge in [0.25, 0.3) is 5.91 Å². The van der Waals surface area contributed by atoms with Crippen LogP contribution in [0.4, 0.5) is 11.6 Å². The van der Waals surface area contributed by atoms with E-state index >= 15 is 0 Å². The van der Waals surface area contributed by atoms with Crippen molar-refractivity contribution in [3.63, 3.8) is 0 Å². The van der Waals surface area contributed by atoms with Gasteiger partial charge in [-0.1, -0.05) is 23.7 Å². The normalized spacial score (nSPS) is 14.1. The Morgan fingerprint density at radius 1 is 1.15 bits per heavy atom. The maximum Gasteiger partial charge on any atom is 0.433 e. The number of rotatable bonds is 5. The number of ether oxygens (including phenoxy) is 1. The minimum Gasteiger partial charge on any atom is -0.450 e. The SMILES string of the molecule is O=C(OCC(=O)N1CCN(c2ccccc2Cl)CC1)c1ccc([N+](=O)[O-])o1. The number of piperazine rings is 1. The smallest absolute Gasteiger partial charge is 0.433 e. The molecule has 1 aliphatic rings. The molecule has 27 heavy (non-hydrogen) atoms. The Morgan fingerprint density at radius 3 is 2.48 bits per heavy atom. The van der Waals surface area contributed by atoms with Gasteiger partial charge < -0.3 is 19.0 Å². The standard InChI is InChI=1S/C17H16ClN3O6/c18-12-3-1-2-4-13(12)19-7-9-20(10-8-19)15(22)11-26-17(23)14-5-6-16(27-14)21(24)25/h1-6H,7-11H2. The number of halogens is 1. The monoisotopic (exact) mass is 393 g/mol. The Labute approximate surface area is 159 Å². The fourth-order valence-electron chi connectivity index (χ4n) is 2.73. The molecule has 1 saturated heterocycles. The van der Waals surface area contributed by atoms with E-state index in [1.807, 2.05) is 24.3 Å². The molecule has 0 spiro atoms. The molecule has 1 aromatic carbocycles. The lowest BCUT2D eigenvalue weighted by atomic mass is 10.2. The number of furan rings is 1. The first-order chi connectivity index (χ1) is 13.0. The van der Waals surface area contributed by atoms with E-state index in [2.05, 4.69) is 4.90 Å². The van der Waals surface area contributed by atoms with Crippen LogP contribution in [0.25, 0.3) is 0 Å². The lowest BCUT2D eigenvalue weighted by Crippen LogP contribution is -2.50. The van der Waals surface area contributed by atoms with Crippen LogP contribution in [0.5, 0.6) is 0 Å². The second kappa shape index (κ2) is 8.09. The van der Waals surface area contributed by atoms with Gasteiger partial charge in [-0.05, 0) is 18.2 Å². The number of esters is 1. The second-order valence-electron chi connectivity index (χ2n) is 5.79. The number of anilines is 1. The number of nitro groups is 1. The molecule has 1 aliphatic heterocycles. The lowest BCUT2D eigenvalue weighted by Gasteiger charge is -2.36. The highest BCUT2D eigenvalue weighted by atomic mass is 35.5. The molecule has 3 rings (SSSR count). The highest BCUT2D eigenvalue weighted by Gasteiger charge is 2.24. The summed E-state index contributed by atoms with van der Waals surface area (Å²) < 4.78 is 9.63. The Bertz CT molecular complexity index is 860. The molecule has 2 aromatic rings. The minimum atomic E-state index is -0.925. The summed E-state index contributed by atoms with van der Waals surface area (Å²) in [6.07, 6.45) is 0. The molecule has 0 saturated carbocycles. The molecule has 0 aliphatic carbocycles. The van der Waals surface area contributed by atoms with Gasteiger partial charge in [0.2, 0.25) is 5.76 Å². The Kier molecular flexibility index (Phi) is 5.60. The van der Waals surface area contributed by atoms with Crippen molar-refractivity contribution in [2.24, 2.45) is 0 Å². The second-order valence-corrected chi connectivity index (χ2v) is 6.20. The van der Waals surface area contributed by atoms with E-state index in [9.17, 15) is 19.7 Å². The zero-order valence-corrected chi connectivity index (χ0v) is 14.9. The van der Waals surface area contributed by atoms with Crippen molar-refractivity contribution in [2.45, 2.75) is 0 Å². The van der Waals surface area contributed by atoms with Crippen LogP contribution < -0.4 is 4.90 Å². The van der Waals surface area contributed by atoms with E-state index in [4.69, 9.17) is 20.8 Å². The predicted octanol–water partition coefficient (Wildman–Crippen LogP) is 2.35. The van der Waals surface area contributed by atoms with Crippen LogP contribution in [0.3, 0.4) is 0 Å². The maximum atomic E-state index is 12.2. The van der Waals surface area contributed by atoms with Gasteiger partial charge in [0.05, 0.1) is 16.8 Å². The first-order valence-electron chi connectivity index (χ1n) is 8.14. The van der Waals surface area contributed by atoms with Crippen molar-refractivity contribution >= 4 is 35.0 Å². The zero-order valence-electron chi connectivity index (χ0n) is 14.2. The summed E-state index contributed by atoms with van der Waals surface area (Å²) in [4.78, 5) is 37.5. The number of carbonyl (C=O) groups excluding carboxylic acids is 2. The summed E-state index contributed by atoms with van der Waals surface area (Å²) in [6.45, 7) is 1.68. The van der Waals surface area contributed by atoms with Gasteiger partial charge in [-0.2, -0.15) is 0 Å². The van der Waals surface area contributed by atoms with E-state index in [1.54, 1.807) is 4.90 Å². The molecule has 0 N–H and O–H groups in total. The molecule has 1 fully saturated rings. The van der Waals surface area contributed by atoms with Crippen molar-refractivity contribution in [2.75, 3.05) is 37.7 Å². The first-order valence-corrected chi connectivity index (χ1v) is 8.52. The van der Waals surface area contributed by atoms with Crippen molar-refractivity contribution in [1.29, 1.82) is 0 Å². The van der Waals surface area contributed by atoms with Crippen LogP contribution >= 0.6 is 11.6 Å². The van der Waals surface area contributed by atoms with Crippen LogP contribution in [-0.4, -0.2) is 54.5 Å². The number of hydrogen-bond acceptors (Lipinski definition) is 7. The van der Waals surface area contributed by atoms with Gasteiger partial charge in [0.15, 0.2) is 6.61 Å². The highest BCUT2D eigenvalue weighted by molar-refractivity contribution is 6.33. The molecule has 142 valence electrons. The fourth-order valence-corrected chi connectivity index (χ4v) is 2.99. The summed E-state index contributed by atoms with van der Waals surface area (Å²) in [5.41, 5.74) is 0.914. The minimum absolute atomic E-state index is 0.321. The summed E-state index contributed by atoms with van der Waals surface area (Å²) in [6, 6.07) is 9.67. The number of amides is 1. The predicted molar refractivity (Wildman–Crippen MR) is 95.9 cm³/mol. The molecule has 2 heterocycles. The highest BCUT2D eigenvalue weighted by Crippen LogP contribution is 2.26. The molecule has 10 heteroatoms. The van der Waals surface area contributed by atoms with Crippen molar-refractivity contribution in [3.8, 4) is 0 Å². The van der Waals surface area contributed by atoms with Crippen LogP contribution in [0, 0.1) is 10.1 Å². The molecule has 0 unspecified atom stereocenters. The van der Waals surface area contributed by atoms with Crippen molar-refractivity contribution < 1.29 is 23.7 Å². The number of carbonyl (C=O) groups is 2. The molecular weight excluding hydrogens is 378 g/mol. The average molecular weight is 394 g/mol. The van der Waals surface area contributed by atoms with Gasteiger partial charge in [-0.3, -0.25) is 14.9 Å². The van der Waals surface area contributed by atoms with Gasteiger partial charge in [-0.15, -0.1) is 0 Å². The first kappa shape index (κ1) is 18.7. The number of para-hydroxylation sites is 1. The van der Waals surface area contributed by atoms with Crippen molar-refractivity contribution in [3.05, 3.63) is 57.3 Å². The van der Waals surface area contributed by atoms with Gasteiger partial charge in [0.1, 0.15) is 4.92 Å². The molecule has 9 nitrogen and oxygen atoms in total. The van der Waals surface area contributed by atoms with E-state index in [0.717, 1.165) is 17.8 Å². The van der Waals surface area contributed by atoms with Crippen LogP contribution in [0.2, 0.25) is 5.02 Å². The topological polar surface area (TPSA) is 106 Å². The molecule has 0 radical (unpaired) electrons. The molecule has 1 aromatic heterocycles. The van der Waals surface area contributed by atoms with E-state index in [-0.39, 0.29) is 11.7 Å². The number of benzene rings is 1. The largest absolute Gasteiger partial charge is 0.450 e. The molecule has 0 bridgehead atoms. The Morgan fingerprint density at radius 2 is 1.85 bits per heavy atom. The van der Waals surface area contributed by atoms with Gasteiger partial charge in [-0.25, -0.2) is 4.79 Å². The van der Waals surface area contributed by atoms with E-state index in [1.165, 1.54) is 0 Å². The van der Waals surface area contributed by atoms with Crippen LogP contribution in [-0.2, 0) is 9.53 Å². The van der Waals surface area contributed by atoms with E-state index in [0.29, 0.717) is 31.2 Å². The average Bonchev–Trinajstić information content (AvgIpc) is 3.17. The van der Waals surface area contributed by atoms with E-state index < -0.39 is 23.4 Å². The molecular formula is C17H16ClN3O6. The summed E-state index contributed by atoms with van der Waals surface area (Å²) in [5, 5.41) is 11.2. The summed E-state index contributed by atoms with van der Waals surface area (Å²) in [5.74, 6) is -2.16. The van der Waals surface area contributed by atoms with Gasteiger partial charge in [0, 0.05) is 26.2 Å². The third-order valence-electron chi connectivity index (χ3n) is 4.13. The molecule has 1 amide bonds.